The Hall–Kier alpha value is -1.81. The number of hydrogen-bond donors (Lipinski definition) is 2. The predicted molar refractivity (Wildman–Crippen MR) is 124 cm³/mol. The van der Waals surface area contributed by atoms with E-state index < -0.39 is 10.0 Å². The molecular formula is C22H32N4O3S2. The quantitative estimate of drug-likeness (QED) is 0.595. The van der Waals surface area contributed by atoms with Crippen LogP contribution in [0.2, 0.25) is 0 Å². The largest absolute Gasteiger partial charge is 0.352 e. The summed E-state index contributed by atoms with van der Waals surface area (Å²) in [5.74, 6) is -0.0554. The Labute approximate surface area is 189 Å². The summed E-state index contributed by atoms with van der Waals surface area (Å²) in [6.07, 6.45) is 1.65. The van der Waals surface area contributed by atoms with Gasteiger partial charge in [-0.1, -0.05) is 24.3 Å². The van der Waals surface area contributed by atoms with Crippen molar-refractivity contribution >= 4 is 27.3 Å². The number of thiazole rings is 1. The highest BCUT2D eigenvalue weighted by Crippen LogP contribution is 2.20. The predicted octanol–water partition coefficient (Wildman–Crippen LogP) is 2.81. The van der Waals surface area contributed by atoms with Gasteiger partial charge in [0, 0.05) is 30.4 Å². The van der Waals surface area contributed by atoms with Crippen molar-refractivity contribution < 1.29 is 13.2 Å². The lowest BCUT2D eigenvalue weighted by atomic mass is 9.95. The van der Waals surface area contributed by atoms with E-state index in [4.69, 9.17) is 0 Å². The number of hydrogen-bond acceptors (Lipinski definition) is 6. The van der Waals surface area contributed by atoms with Gasteiger partial charge in [0.1, 0.15) is 0 Å². The van der Waals surface area contributed by atoms with Gasteiger partial charge in [0.05, 0.1) is 16.5 Å². The van der Waals surface area contributed by atoms with E-state index in [0.29, 0.717) is 12.1 Å². The zero-order chi connectivity index (χ0) is 22.4. The van der Waals surface area contributed by atoms with Crippen LogP contribution in [0.5, 0.6) is 0 Å². The van der Waals surface area contributed by atoms with Crippen LogP contribution in [0.1, 0.15) is 48.5 Å². The van der Waals surface area contributed by atoms with Gasteiger partial charge in [-0.3, -0.25) is 9.69 Å². The second kappa shape index (κ2) is 10.7. The maximum atomic E-state index is 12.7. The Balaban J connectivity index is 1.50. The summed E-state index contributed by atoms with van der Waals surface area (Å²) < 4.78 is 27.2. The van der Waals surface area contributed by atoms with E-state index in [2.05, 4.69) is 25.3 Å². The van der Waals surface area contributed by atoms with Gasteiger partial charge in [0.25, 0.3) is 0 Å². The number of nitrogens with zero attached hydrogens (tertiary/aromatic N) is 2. The summed E-state index contributed by atoms with van der Waals surface area (Å²) in [6, 6.07) is 7.22. The van der Waals surface area contributed by atoms with Crippen molar-refractivity contribution in [1.82, 2.24) is 19.9 Å². The van der Waals surface area contributed by atoms with Gasteiger partial charge in [0.15, 0.2) is 0 Å². The zero-order valence-corrected chi connectivity index (χ0v) is 20.1. The number of aromatic nitrogens is 1. The summed E-state index contributed by atoms with van der Waals surface area (Å²) in [5, 5.41) is 6.20. The number of piperidine rings is 1. The normalized spacial score (nSPS) is 16.0. The zero-order valence-electron chi connectivity index (χ0n) is 18.4. The molecule has 31 heavy (non-hydrogen) atoms. The first kappa shape index (κ1) is 23.8. The smallest absolute Gasteiger partial charge is 0.223 e. The molecule has 2 aromatic rings. The number of benzene rings is 1. The molecule has 1 amide bonds. The highest BCUT2D eigenvalue weighted by atomic mass is 32.2. The van der Waals surface area contributed by atoms with E-state index in [1.807, 2.05) is 25.1 Å². The minimum absolute atomic E-state index is 0.00748. The molecule has 1 aromatic heterocycles. The number of sulfonamides is 1. The molecule has 0 spiro atoms. The molecule has 1 fully saturated rings. The Morgan fingerprint density at radius 3 is 2.52 bits per heavy atom. The molecular weight excluding hydrogens is 432 g/mol. The Morgan fingerprint density at radius 1 is 1.23 bits per heavy atom. The minimum atomic E-state index is -3.42. The number of rotatable bonds is 9. The molecule has 7 nitrogen and oxygen atoms in total. The van der Waals surface area contributed by atoms with Crippen molar-refractivity contribution in [3.8, 4) is 0 Å². The molecule has 0 bridgehead atoms. The molecule has 0 saturated carbocycles. The van der Waals surface area contributed by atoms with E-state index >= 15 is 0 Å². The van der Waals surface area contributed by atoms with Gasteiger partial charge in [-0.25, -0.2) is 18.1 Å². The molecule has 0 aliphatic carbocycles. The van der Waals surface area contributed by atoms with Gasteiger partial charge in [-0.15, -0.1) is 11.3 Å². The molecule has 1 saturated heterocycles. The summed E-state index contributed by atoms with van der Waals surface area (Å²) in [5.41, 5.74) is 2.65. The van der Waals surface area contributed by atoms with Crippen LogP contribution in [0.15, 0.2) is 29.6 Å². The molecule has 0 radical (unpaired) electrons. The first-order chi connectivity index (χ1) is 14.7. The topological polar surface area (TPSA) is 91.4 Å². The average molecular weight is 465 g/mol. The molecule has 1 aliphatic rings. The highest BCUT2D eigenvalue weighted by Gasteiger charge is 2.25. The lowest BCUT2D eigenvalue weighted by Crippen LogP contribution is -2.40. The van der Waals surface area contributed by atoms with E-state index in [-0.39, 0.29) is 23.6 Å². The van der Waals surface area contributed by atoms with Crippen LogP contribution < -0.4 is 10.0 Å². The van der Waals surface area contributed by atoms with E-state index in [0.717, 1.165) is 48.7 Å². The highest BCUT2D eigenvalue weighted by molar-refractivity contribution is 7.88. The van der Waals surface area contributed by atoms with Crippen molar-refractivity contribution in [2.75, 3.05) is 13.1 Å². The first-order valence-corrected chi connectivity index (χ1v) is 13.2. The monoisotopic (exact) mass is 464 g/mol. The van der Waals surface area contributed by atoms with Gasteiger partial charge in [-0.2, -0.15) is 0 Å². The second-order valence-electron chi connectivity index (χ2n) is 8.43. The third-order valence-corrected chi connectivity index (χ3v) is 7.69. The standard InChI is InChI=1S/C22H32N4O3S2/c1-16(2)25-31(28,29)15-20-7-5-4-6-19(20)12-23-22(27)18-8-10-26(11-9-18)13-21-14-30-17(3)24-21/h4-7,14,16,18,25H,8-13,15H2,1-3H3,(H,23,27). The molecule has 1 aliphatic heterocycles. The lowest BCUT2D eigenvalue weighted by molar-refractivity contribution is -0.126. The van der Waals surface area contributed by atoms with E-state index in [9.17, 15) is 13.2 Å². The van der Waals surface area contributed by atoms with Crippen LogP contribution >= 0.6 is 11.3 Å². The molecule has 170 valence electrons. The summed E-state index contributed by atoms with van der Waals surface area (Å²) in [7, 11) is -3.42. The SMILES string of the molecule is Cc1nc(CN2CCC(C(=O)NCc3ccccc3CS(=O)(=O)NC(C)C)CC2)cs1. The Bertz CT molecular complexity index is 980. The van der Waals surface area contributed by atoms with Crippen molar-refractivity contribution in [2.24, 2.45) is 5.92 Å². The second-order valence-corrected chi connectivity index (χ2v) is 11.2. The number of amides is 1. The van der Waals surface area contributed by atoms with Gasteiger partial charge < -0.3 is 5.32 Å². The molecule has 9 heteroatoms. The number of aryl methyl sites for hydroxylation is 1. The number of nitrogens with one attached hydrogen (secondary N) is 2. The van der Waals surface area contributed by atoms with Crippen LogP contribution in [-0.2, 0) is 33.7 Å². The third kappa shape index (κ3) is 7.38. The van der Waals surface area contributed by atoms with Crippen molar-refractivity contribution in [3.05, 3.63) is 51.5 Å². The van der Waals surface area contributed by atoms with Crippen LogP contribution in [0.25, 0.3) is 0 Å². The fourth-order valence-corrected chi connectivity index (χ4v) is 5.96. The lowest BCUT2D eigenvalue weighted by Gasteiger charge is -2.30. The van der Waals surface area contributed by atoms with Gasteiger partial charge in [0.2, 0.25) is 15.9 Å². The third-order valence-electron chi connectivity index (χ3n) is 5.34. The van der Waals surface area contributed by atoms with E-state index in [1.165, 1.54) is 0 Å². The fraction of sp³-hybridized carbons (Fsp3) is 0.545. The van der Waals surface area contributed by atoms with Crippen molar-refractivity contribution in [3.63, 3.8) is 0 Å². The summed E-state index contributed by atoms with van der Waals surface area (Å²) >= 11 is 1.67. The summed E-state index contributed by atoms with van der Waals surface area (Å²) in [4.78, 5) is 19.6. The molecule has 3 rings (SSSR count). The van der Waals surface area contributed by atoms with Crippen LogP contribution in [-0.4, -0.2) is 43.3 Å². The first-order valence-electron chi connectivity index (χ1n) is 10.7. The Morgan fingerprint density at radius 2 is 1.90 bits per heavy atom. The molecule has 1 aromatic carbocycles. The molecule has 2 N–H and O–H groups in total. The average Bonchev–Trinajstić information content (AvgIpc) is 3.11. The fourth-order valence-electron chi connectivity index (χ4n) is 3.87. The van der Waals surface area contributed by atoms with E-state index in [1.54, 1.807) is 31.3 Å². The minimum Gasteiger partial charge on any atom is -0.352 e. The Kier molecular flexibility index (Phi) is 8.21. The number of carbonyl (C=O) groups excluding carboxylic acids is 1. The van der Waals surface area contributed by atoms with Crippen LogP contribution in [0, 0.1) is 12.8 Å². The summed E-state index contributed by atoms with van der Waals surface area (Å²) in [6.45, 7) is 8.54. The van der Waals surface area contributed by atoms with Gasteiger partial charge >= 0.3 is 0 Å². The molecule has 0 unspecified atom stereocenters. The van der Waals surface area contributed by atoms with Crippen molar-refractivity contribution in [2.45, 2.75) is 58.5 Å². The molecule has 0 atom stereocenters. The molecule has 2 heterocycles. The number of carbonyl (C=O) groups is 1. The maximum Gasteiger partial charge on any atom is 0.223 e. The van der Waals surface area contributed by atoms with Crippen molar-refractivity contribution in [1.29, 1.82) is 0 Å². The van der Waals surface area contributed by atoms with Crippen LogP contribution in [0.3, 0.4) is 0 Å². The maximum absolute atomic E-state index is 12.7. The van der Waals surface area contributed by atoms with Crippen LogP contribution in [0.4, 0.5) is 0 Å². The van der Waals surface area contributed by atoms with Gasteiger partial charge in [-0.05, 0) is 57.8 Å². The number of likely N-dealkylation sites (tertiary alicyclic amines) is 1.